The van der Waals surface area contributed by atoms with E-state index in [0.717, 1.165) is 89.0 Å². The minimum atomic E-state index is 0. The summed E-state index contributed by atoms with van der Waals surface area (Å²) in [5.41, 5.74) is 21.0. The van der Waals surface area contributed by atoms with Crippen LogP contribution in [-0.2, 0) is 21.1 Å². The van der Waals surface area contributed by atoms with Crippen LogP contribution >= 0.6 is 11.3 Å². The summed E-state index contributed by atoms with van der Waals surface area (Å²) in [5.74, 6) is 0.891. The molecule has 0 saturated heterocycles. The summed E-state index contributed by atoms with van der Waals surface area (Å²) >= 11 is 1.73. The zero-order chi connectivity index (χ0) is 53.3. The molecule has 16 aromatic rings. The molecule has 6 aromatic heterocycles. The third-order valence-corrected chi connectivity index (χ3v) is 16.3. The second-order valence-corrected chi connectivity index (χ2v) is 21.0. The Morgan fingerprint density at radius 2 is 1.16 bits per heavy atom. The summed E-state index contributed by atoms with van der Waals surface area (Å²) < 4.78 is 19.6. The quantitative estimate of drug-likeness (QED) is 0.142. The SMILES string of the molecule is COc1c(-c2ccccc2)cc(C)cc1-c1ccc(-c2cnn(-c3[c-]cccc3)c2)cc1.[Pt+2].[c-]1csc2c1c1nccn1c1ccc(-c3cccc(-n4c5ccccc5c5cc(-c6ccc7oc8ccccc8c7c6)ccc54)c3)cc21. The van der Waals surface area contributed by atoms with E-state index in [1.165, 1.54) is 59.7 Å². The predicted molar refractivity (Wildman–Crippen MR) is 329 cm³/mol. The molecule has 0 aliphatic heterocycles. The fraction of sp³-hybridized carbons (Fsp3) is 0.0278. The van der Waals surface area contributed by atoms with E-state index in [4.69, 9.17) is 9.15 Å². The normalized spacial score (nSPS) is 11.5. The van der Waals surface area contributed by atoms with E-state index >= 15 is 0 Å². The Morgan fingerprint density at radius 1 is 0.519 bits per heavy atom. The second-order valence-electron chi connectivity index (χ2n) is 20.1. The van der Waals surface area contributed by atoms with Crippen LogP contribution in [0.1, 0.15) is 5.56 Å². The van der Waals surface area contributed by atoms with Crippen molar-refractivity contribution in [3.8, 4) is 72.8 Å². The Labute approximate surface area is 485 Å². The molecule has 16 rings (SSSR count). The average molecular weight is 1240 g/mol. The van der Waals surface area contributed by atoms with Gasteiger partial charge in [0.15, 0.2) is 0 Å². The van der Waals surface area contributed by atoms with Crippen LogP contribution < -0.4 is 4.74 Å². The number of rotatable bonds is 8. The summed E-state index contributed by atoms with van der Waals surface area (Å²) in [6.07, 6.45) is 7.82. The number of pyridine rings is 1. The van der Waals surface area contributed by atoms with Crippen molar-refractivity contribution in [1.29, 1.82) is 0 Å². The molecule has 0 atom stereocenters. The van der Waals surface area contributed by atoms with Crippen molar-refractivity contribution in [3.63, 3.8) is 0 Å². The number of para-hydroxylation sites is 3. The summed E-state index contributed by atoms with van der Waals surface area (Å²) in [6.45, 7) is 2.12. The van der Waals surface area contributed by atoms with Crippen LogP contribution in [0.15, 0.2) is 253 Å². The zero-order valence-corrected chi connectivity index (χ0v) is 47.0. The summed E-state index contributed by atoms with van der Waals surface area (Å²) in [6, 6.07) is 83.8. The molecule has 6 heterocycles. The minimum absolute atomic E-state index is 0. The molecule has 0 spiro atoms. The van der Waals surface area contributed by atoms with Gasteiger partial charge < -0.3 is 23.1 Å². The van der Waals surface area contributed by atoms with Gasteiger partial charge in [0.1, 0.15) is 16.9 Å². The van der Waals surface area contributed by atoms with Gasteiger partial charge in [0.25, 0.3) is 0 Å². The molecule has 0 radical (unpaired) electrons. The standard InChI is InChI=1S/C43H24N3OS.C29H23N2O.Pt/c1-3-10-38-31(8-1)34-23-27(29-14-17-41-35(24-29)32-9-2-4-11-40(32)47-41)13-16-39(34)46(38)30-7-5-6-26(22-30)28-12-15-37-36(25-28)42-33(18-21-48-42)43-44-19-20-45(37)43;1-21-17-27(23-9-5-3-6-10-23)29(32-2)28(18-21)24-15-13-22(14-16-24)25-19-30-31(20-25)26-11-7-4-8-12-26;/h1-17,19-25H;3-11,13-20H,1-2H3;/q2*-1;+2. The largest absolute Gasteiger partial charge is 2.00 e. The number of nitrogens with zero attached hydrogens (tertiary/aromatic N) is 5. The van der Waals surface area contributed by atoms with E-state index in [1.54, 1.807) is 18.4 Å². The molecule has 0 aliphatic carbocycles. The van der Waals surface area contributed by atoms with Crippen LogP contribution in [0, 0.1) is 19.1 Å². The number of hydrogen-bond donors (Lipinski definition) is 0. The Kier molecular flexibility index (Phi) is 12.6. The summed E-state index contributed by atoms with van der Waals surface area (Å²) in [7, 11) is 1.74. The van der Waals surface area contributed by atoms with Gasteiger partial charge in [0.05, 0.1) is 24.3 Å². The van der Waals surface area contributed by atoms with E-state index in [-0.39, 0.29) is 21.1 Å². The number of fused-ring (bicyclic) bond motifs is 12. The van der Waals surface area contributed by atoms with Crippen LogP contribution in [0.3, 0.4) is 0 Å². The van der Waals surface area contributed by atoms with Gasteiger partial charge in [-0.25, -0.2) is 11.3 Å². The summed E-state index contributed by atoms with van der Waals surface area (Å²) in [4.78, 5) is 4.61. The molecular weight excluding hydrogens is 1190 g/mol. The number of benzene rings is 10. The molecule has 10 aromatic carbocycles. The molecule has 388 valence electrons. The number of hydrogen-bond acceptors (Lipinski definition) is 5. The van der Waals surface area contributed by atoms with Gasteiger partial charge in [-0.05, 0) is 129 Å². The number of aromatic nitrogens is 5. The molecule has 0 saturated carbocycles. The van der Waals surface area contributed by atoms with Gasteiger partial charge in [0, 0.05) is 73.7 Å². The smallest absolute Gasteiger partial charge is 0.495 e. The van der Waals surface area contributed by atoms with E-state index < -0.39 is 0 Å². The number of imidazole rings is 1. The van der Waals surface area contributed by atoms with E-state index in [0.29, 0.717) is 0 Å². The van der Waals surface area contributed by atoms with Crippen molar-refractivity contribution in [1.82, 2.24) is 23.7 Å². The van der Waals surface area contributed by atoms with Crippen LogP contribution in [0.4, 0.5) is 0 Å². The second kappa shape index (κ2) is 20.6. The maximum absolute atomic E-state index is 6.11. The van der Waals surface area contributed by atoms with E-state index in [9.17, 15) is 0 Å². The molecule has 0 aliphatic rings. The van der Waals surface area contributed by atoms with Crippen LogP contribution in [0.25, 0.3) is 137 Å². The van der Waals surface area contributed by atoms with Gasteiger partial charge in [-0.15, -0.1) is 11.5 Å². The van der Waals surface area contributed by atoms with Crippen LogP contribution in [0.2, 0.25) is 0 Å². The summed E-state index contributed by atoms with van der Waals surface area (Å²) in [5, 5.41) is 13.6. The van der Waals surface area contributed by atoms with Gasteiger partial charge in [0.2, 0.25) is 0 Å². The topological polar surface area (TPSA) is 62.4 Å². The third kappa shape index (κ3) is 8.72. The van der Waals surface area contributed by atoms with Gasteiger partial charge in [-0.1, -0.05) is 137 Å². The molecule has 81 heavy (non-hydrogen) atoms. The van der Waals surface area contributed by atoms with Crippen molar-refractivity contribution in [3.05, 3.63) is 266 Å². The first-order valence-corrected chi connectivity index (χ1v) is 27.5. The first-order valence-electron chi connectivity index (χ1n) is 26.6. The number of ether oxygens (including phenoxy) is 1. The monoisotopic (exact) mass is 1240 g/mol. The molecular formula is C72H47N5O2PtS. The Hall–Kier alpha value is -9.59. The molecule has 0 unspecified atom stereocenters. The fourth-order valence-corrected chi connectivity index (χ4v) is 12.5. The van der Waals surface area contributed by atoms with Crippen molar-refractivity contribution in [2.24, 2.45) is 0 Å². The molecule has 0 bridgehead atoms. The van der Waals surface area contributed by atoms with E-state index in [1.807, 2.05) is 77.3 Å². The minimum Gasteiger partial charge on any atom is -0.495 e. The number of methoxy groups -OCH3 is 1. The van der Waals surface area contributed by atoms with Crippen molar-refractivity contribution >= 4 is 81.7 Å². The third-order valence-electron chi connectivity index (χ3n) is 15.4. The first kappa shape index (κ1) is 49.7. The first-order chi connectivity index (χ1) is 39.5. The Balaban J connectivity index is 0.000000156. The Bertz CT molecular complexity index is 5010. The number of furan rings is 1. The van der Waals surface area contributed by atoms with Gasteiger partial charge >= 0.3 is 21.1 Å². The molecule has 9 heteroatoms. The fourth-order valence-electron chi connectivity index (χ4n) is 11.6. The van der Waals surface area contributed by atoms with Crippen molar-refractivity contribution < 1.29 is 30.2 Å². The van der Waals surface area contributed by atoms with E-state index in [2.05, 4.69) is 214 Å². The van der Waals surface area contributed by atoms with Crippen molar-refractivity contribution in [2.75, 3.05) is 7.11 Å². The Morgan fingerprint density at radius 3 is 1.96 bits per heavy atom. The van der Waals surface area contributed by atoms with Crippen LogP contribution in [-0.4, -0.2) is 30.8 Å². The molecule has 0 fully saturated rings. The average Bonchev–Trinajstić information content (AvgIpc) is 4.54. The van der Waals surface area contributed by atoms with Crippen molar-refractivity contribution in [2.45, 2.75) is 6.92 Å². The number of aryl methyl sites for hydroxylation is 1. The zero-order valence-electron chi connectivity index (χ0n) is 43.9. The number of thiophene rings is 1. The molecule has 0 amide bonds. The maximum Gasteiger partial charge on any atom is 2.00 e. The molecule has 0 N–H and O–H groups in total. The van der Waals surface area contributed by atoms with Crippen LogP contribution in [0.5, 0.6) is 5.75 Å². The van der Waals surface area contributed by atoms with Gasteiger partial charge in [-0.3, -0.25) is 4.68 Å². The predicted octanol–water partition coefficient (Wildman–Crippen LogP) is 18.8. The maximum atomic E-state index is 6.11. The molecule has 7 nitrogen and oxygen atoms in total. The van der Waals surface area contributed by atoms with Gasteiger partial charge in [-0.2, -0.15) is 35.4 Å².